The fourth-order valence-electron chi connectivity index (χ4n) is 1.74. The normalized spacial score (nSPS) is 10.4. The molecule has 0 aliphatic rings. The van der Waals surface area contributed by atoms with Crippen LogP contribution in [0, 0.1) is 0 Å². The fraction of sp³-hybridized carbons (Fsp3) is 0.500. The van der Waals surface area contributed by atoms with Crippen molar-refractivity contribution in [1.29, 1.82) is 0 Å². The lowest BCUT2D eigenvalue weighted by atomic mass is 10.1. The second kappa shape index (κ2) is 8.11. The predicted octanol–water partition coefficient (Wildman–Crippen LogP) is 2.66. The number of carbonyl (C=O) groups excluding carboxylic acids is 1. The number of unbranched alkanes of at least 4 members (excludes halogenated alkanes) is 1. The van der Waals surface area contributed by atoms with Crippen molar-refractivity contribution in [2.75, 3.05) is 19.7 Å². The van der Waals surface area contributed by atoms with E-state index in [4.69, 9.17) is 16.7 Å². The molecular formula is C14H20ClNO2. The highest BCUT2D eigenvalue weighted by atomic mass is 35.5. The zero-order valence-corrected chi connectivity index (χ0v) is 11.5. The standard InChI is InChI=1S/C14H20ClNO2/c1-2-16(9-3-4-10-17)14(18)13-7-5-12(11-15)6-8-13/h5-8,17H,2-4,9-11H2,1H3. The Bertz CT molecular complexity index is 365. The Hall–Kier alpha value is -1.06. The van der Waals surface area contributed by atoms with Crippen molar-refractivity contribution in [3.05, 3.63) is 35.4 Å². The summed E-state index contributed by atoms with van der Waals surface area (Å²) >= 11 is 5.71. The second-order valence-electron chi connectivity index (χ2n) is 4.15. The Morgan fingerprint density at radius 2 is 1.94 bits per heavy atom. The number of alkyl halides is 1. The van der Waals surface area contributed by atoms with Gasteiger partial charge in [-0.2, -0.15) is 0 Å². The van der Waals surface area contributed by atoms with Crippen LogP contribution in [0.3, 0.4) is 0 Å². The molecule has 1 aromatic rings. The van der Waals surface area contributed by atoms with Gasteiger partial charge in [-0.15, -0.1) is 11.6 Å². The van der Waals surface area contributed by atoms with Gasteiger partial charge >= 0.3 is 0 Å². The maximum Gasteiger partial charge on any atom is 0.253 e. The topological polar surface area (TPSA) is 40.5 Å². The number of aliphatic hydroxyl groups is 1. The summed E-state index contributed by atoms with van der Waals surface area (Å²) in [5, 5.41) is 8.75. The molecule has 4 heteroatoms. The third-order valence-corrected chi connectivity index (χ3v) is 3.17. The van der Waals surface area contributed by atoms with E-state index >= 15 is 0 Å². The largest absolute Gasteiger partial charge is 0.396 e. The number of aliphatic hydroxyl groups excluding tert-OH is 1. The zero-order valence-electron chi connectivity index (χ0n) is 10.7. The minimum Gasteiger partial charge on any atom is -0.396 e. The van der Waals surface area contributed by atoms with Gasteiger partial charge in [-0.25, -0.2) is 0 Å². The van der Waals surface area contributed by atoms with Crippen LogP contribution < -0.4 is 0 Å². The summed E-state index contributed by atoms with van der Waals surface area (Å²) in [6.45, 7) is 3.51. The Kier molecular flexibility index (Phi) is 6.76. The second-order valence-corrected chi connectivity index (χ2v) is 4.41. The van der Waals surface area contributed by atoms with Crippen LogP contribution >= 0.6 is 11.6 Å². The summed E-state index contributed by atoms with van der Waals surface area (Å²) in [5.41, 5.74) is 1.70. The molecule has 0 saturated carbocycles. The molecule has 0 aliphatic heterocycles. The molecule has 0 bridgehead atoms. The first-order valence-corrected chi connectivity index (χ1v) is 6.81. The van der Waals surface area contributed by atoms with Gasteiger partial charge in [-0.3, -0.25) is 4.79 Å². The van der Waals surface area contributed by atoms with Crippen LogP contribution in [0.25, 0.3) is 0 Å². The summed E-state index contributed by atoms with van der Waals surface area (Å²) in [6.07, 6.45) is 1.56. The van der Waals surface area contributed by atoms with Gasteiger partial charge in [-0.05, 0) is 37.5 Å². The average Bonchev–Trinajstić information content (AvgIpc) is 2.43. The minimum atomic E-state index is 0.0385. The van der Waals surface area contributed by atoms with Crippen LogP contribution in [-0.2, 0) is 5.88 Å². The van der Waals surface area contributed by atoms with E-state index < -0.39 is 0 Å². The van der Waals surface area contributed by atoms with Crippen LogP contribution in [0.4, 0.5) is 0 Å². The first-order chi connectivity index (χ1) is 8.72. The Morgan fingerprint density at radius 3 is 2.44 bits per heavy atom. The third kappa shape index (κ3) is 4.31. The molecule has 1 N–H and O–H groups in total. The molecule has 18 heavy (non-hydrogen) atoms. The lowest BCUT2D eigenvalue weighted by Crippen LogP contribution is -2.31. The number of rotatable bonds is 7. The molecule has 0 radical (unpaired) electrons. The number of halogens is 1. The summed E-state index contributed by atoms with van der Waals surface area (Å²) in [4.78, 5) is 14.0. The number of nitrogens with zero attached hydrogens (tertiary/aromatic N) is 1. The monoisotopic (exact) mass is 269 g/mol. The highest BCUT2D eigenvalue weighted by molar-refractivity contribution is 6.17. The predicted molar refractivity (Wildman–Crippen MR) is 73.9 cm³/mol. The molecule has 1 rings (SSSR count). The molecule has 0 heterocycles. The average molecular weight is 270 g/mol. The van der Waals surface area contributed by atoms with Crippen molar-refractivity contribution >= 4 is 17.5 Å². The maximum atomic E-state index is 12.2. The van der Waals surface area contributed by atoms with Crippen LogP contribution in [0.15, 0.2) is 24.3 Å². The van der Waals surface area contributed by atoms with Crippen molar-refractivity contribution in [3.63, 3.8) is 0 Å². The van der Waals surface area contributed by atoms with E-state index in [0.717, 1.165) is 18.4 Å². The minimum absolute atomic E-state index is 0.0385. The highest BCUT2D eigenvalue weighted by Crippen LogP contribution is 2.10. The van der Waals surface area contributed by atoms with E-state index in [1.165, 1.54) is 0 Å². The smallest absolute Gasteiger partial charge is 0.253 e. The van der Waals surface area contributed by atoms with Crippen molar-refractivity contribution in [2.24, 2.45) is 0 Å². The van der Waals surface area contributed by atoms with Crippen LogP contribution in [0.5, 0.6) is 0 Å². The van der Waals surface area contributed by atoms with Gasteiger partial charge in [0.15, 0.2) is 0 Å². The molecule has 0 fully saturated rings. The van der Waals surface area contributed by atoms with E-state index in [-0.39, 0.29) is 12.5 Å². The SMILES string of the molecule is CCN(CCCCO)C(=O)c1ccc(CCl)cc1. The van der Waals surface area contributed by atoms with Crippen LogP contribution in [-0.4, -0.2) is 35.6 Å². The van der Waals surface area contributed by atoms with Crippen LogP contribution in [0.2, 0.25) is 0 Å². The molecule has 0 spiro atoms. The molecule has 0 aliphatic carbocycles. The molecule has 100 valence electrons. The quantitative estimate of drug-likeness (QED) is 0.611. The number of amides is 1. The van der Waals surface area contributed by atoms with Gasteiger partial charge < -0.3 is 10.0 Å². The van der Waals surface area contributed by atoms with Gasteiger partial charge in [0.1, 0.15) is 0 Å². The third-order valence-electron chi connectivity index (χ3n) is 2.86. The van der Waals surface area contributed by atoms with Crippen LogP contribution in [0.1, 0.15) is 35.7 Å². The maximum absolute atomic E-state index is 12.2. The lowest BCUT2D eigenvalue weighted by Gasteiger charge is -2.20. The lowest BCUT2D eigenvalue weighted by molar-refractivity contribution is 0.0759. The van der Waals surface area contributed by atoms with Gasteiger partial charge in [0.25, 0.3) is 5.91 Å². The summed E-state index contributed by atoms with van der Waals surface area (Å²) in [7, 11) is 0. The van der Waals surface area contributed by atoms with Crippen molar-refractivity contribution in [2.45, 2.75) is 25.6 Å². The Labute approximate surface area is 113 Å². The number of hydrogen-bond donors (Lipinski definition) is 1. The van der Waals surface area contributed by atoms with E-state index in [0.29, 0.717) is 24.5 Å². The fourth-order valence-corrected chi connectivity index (χ4v) is 1.91. The van der Waals surface area contributed by atoms with E-state index in [1.54, 1.807) is 4.90 Å². The molecule has 1 amide bonds. The van der Waals surface area contributed by atoms with E-state index in [1.807, 2.05) is 31.2 Å². The Balaban J connectivity index is 2.64. The van der Waals surface area contributed by atoms with E-state index in [9.17, 15) is 4.79 Å². The molecule has 0 atom stereocenters. The first kappa shape index (κ1) is 15.0. The molecule has 3 nitrogen and oxygen atoms in total. The molecule has 0 aromatic heterocycles. The molecular weight excluding hydrogens is 250 g/mol. The zero-order chi connectivity index (χ0) is 13.4. The molecule has 0 unspecified atom stereocenters. The van der Waals surface area contributed by atoms with Gasteiger partial charge in [0, 0.05) is 31.1 Å². The van der Waals surface area contributed by atoms with E-state index in [2.05, 4.69) is 0 Å². The van der Waals surface area contributed by atoms with Crippen molar-refractivity contribution in [1.82, 2.24) is 4.90 Å². The Morgan fingerprint density at radius 1 is 1.28 bits per heavy atom. The van der Waals surface area contributed by atoms with Gasteiger partial charge in [-0.1, -0.05) is 12.1 Å². The van der Waals surface area contributed by atoms with Gasteiger partial charge in [0.05, 0.1) is 0 Å². The van der Waals surface area contributed by atoms with Gasteiger partial charge in [0.2, 0.25) is 0 Å². The molecule has 0 saturated heterocycles. The number of carbonyl (C=O) groups is 1. The summed E-state index contributed by atoms with van der Waals surface area (Å²) in [6, 6.07) is 7.38. The number of benzene rings is 1. The molecule has 1 aromatic carbocycles. The summed E-state index contributed by atoms with van der Waals surface area (Å²) < 4.78 is 0. The first-order valence-electron chi connectivity index (χ1n) is 6.28. The summed E-state index contributed by atoms with van der Waals surface area (Å²) in [5.74, 6) is 0.499. The highest BCUT2D eigenvalue weighted by Gasteiger charge is 2.13. The number of hydrogen-bond acceptors (Lipinski definition) is 2. The van der Waals surface area contributed by atoms with Crippen molar-refractivity contribution in [3.8, 4) is 0 Å². The van der Waals surface area contributed by atoms with Crippen molar-refractivity contribution < 1.29 is 9.90 Å².